The molecule has 2 aromatic carbocycles. The molecule has 1 unspecified atom stereocenters. The normalized spacial score (nSPS) is 12.8. The highest BCUT2D eigenvalue weighted by molar-refractivity contribution is 6.04. The van der Waals surface area contributed by atoms with Crippen molar-refractivity contribution < 1.29 is 14.3 Å². The van der Waals surface area contributed by atoms with Gasteiger partial charge in [0.1, 0.15) is 5.75 Å². The van der Waals surface area contributed by atoms with Crippen LogP contribution in [0.3, 0.4) is 0 Å². The summed E-state index contributed by atoms with van der Waals surface area (Å²) in [6.07, 6.45) is 0.832. The van der Waals surface area contributed by atoms with E-state index in [9.17, 15) is 9.59 Å². The monoisotopic (exact) mass is 438 g/mol. The van der Waals surface area contributed by atoms with Crippen molar-refractivity contribution in [1.82, 2.24) is 5.32 Å². The third-order valence-corrected chi connectivity index (χ3v) is 5.45. The van der Waals surface area contributed by atoms with E-state index in [1.807, 2.05) is 19.9 Å². The van der Waals surface area contributed by atoms with Gasteiger partial charge in [0.25, 0.3) is 11.8 Å². The van der Waals surface area contributed by atoms with Crippen molar-refractivity contribution >= 4 is 17.5 Å². The lowest BCUT2D eigenvalue weighted by molar-refractivity contribution is -0.118. The molecule has 0 fully saturated rings. The van der Waals surface area contributed by atoms with E-state index in [0.29, 0.717) is 17.0 Å². The molecule has 2 aromatic rings. The summed E-state index contributed by atoms with van der Waals surface area (Å²) in [6, 6.07) is 13.2. The Kier molecular flexibility index (Phi) is 8.11. The summed E-state index contributed by atoms with van der Waals surface area (Å²) in [6.45, 7) is 16.8. The molecule has 0 aliphatic heterocycles. The van der Waals surface area contributed by atoms with Crippen LogP contribution < -0.4 is 15.4 Å². The van der Waals surface area contributed by atoms with E-state index in [4.69, 9.17) is 4.74 Å². The van der Waals surface area contributed by atoms with Crippen LogP contribution in [0.4, 0.5) is 5.69 Å². The average Bonchev–Trinajstić information content (AvgIpc) is 2.71. The first kappa shape index (κ1) is 25.4. The Labute approximate surface area is 192 Å². The van der Waals surface area contributed by atoms with E-state index in [2.05, 4.69) is 64.3 Å². The number of para-hydroxylation sites is 1. The number of nitrogens with one attached hydrogen (secondary N) is 2. The highest BCUT2D eigenvalue weighted by Crippen LogP contribution is 2.35. The first-order chi connectivity index (χ1) is 14.8. The summed E-state index contributed by atoms with van der Waals surface area (Å²) in [4.78, 5) is 25.2. The SMILES string of the molecule is CCC(C)NC(=O)c1ccccc1NC(=O)COc1ccc(C(C)(C)C)cc1C(C)(C)C. The minimum atomic E-state index is -0.312. The van der Waals surface area contributed by atoms with E-state index >= 15 is 0 Å². The summed E-state index contributed by atoms with van der Waals surface area (Å²) in [5.41, 5.74) is 3.09. The third-order valence-electron chi connectivity index (χ3n) is 5.45. The number of hydrogen-bond acceptors (Lipinski definition) is 3. The number of rotatable bonds is 7. The zero-order valence-corrected chi connectivity index (χ0v) is 20.8. The lowest BCUT2D eigenvalue weighted by atomic mass is 9.80. The van der Waals surface area contributed by atoms with E-state index in [0.717, 1.165) is 12.0 Å². The van der Waals surface area contributed by atoms with Crippen LogP contribution >= 0.6 is 0 Å². The number of carbonyl (C=O) groups is 2. The molecule has 0 radical (unpaired) electrons. The van der Waals surface area contributed by atoms with Crippen LogP contribution in [0.5, 0.6) is 5.75 Å². The van der Waals surface area contributed by atoms with Gasteiger partial charge >= 0.3 is 0 Å². The van der Waals surface area contributed by atoms with Gasteiger partial charge in [-0.25, -0.2) is 0 Å². The summed E-state index contributed by atoms with van der Waals surface area (Å²) in [7, 11) is 0. The molecule has 5 nitrogen and oxygen atoms in total. The fourth-order valence-corrected chi connectivity index (χ4v) is 3.23. The van der Waals surface area contributed by atoms with Gasteiger partial charge in [0.15, 0.2) is 6.61 Å². The van der Waals surface area contributed by atoms with Crippen LogP contribution in [0.25, 0.3) is 0 Å². The quantitative estimate of drug-likeness (QED) is 0.572. The Morgan fingerprint density at radius 1 is 0.969 bits per heavy atom. The summed E-state index contributed by atoms with van der Waals surface area (Å²) in [5, 5.41) is 5.76. The first-order valence-electron chi connectivity index (χ1n) is 11.3. The minimum Gasteiger partial charge on any atom is -0.483 e. The molecule has 0 aromatic heterocycles. The maximum atomic E-state index is 12.7. The fraction of sp³-hybridized carbons (Fsp3) is 0.481. The van der Waals surface area contributed by atoms with Gasteiger partial charge in [-0.2, -0.15) is 0 Å². The first-order valence-corrected chi connectivity index (χ1v) is 11.3. The predicted molar refractivity (Wildman–Crippen MR) is 132 cm³/mol. The second-order valence-corrected chi connectivity index (χ2v) is 10.4. The van der Waals surface area contributed by atoms with Gasteiger partial charge < -0.3 is 15.4 Å². The Balaban J connectivity index is 2.15. The third kappa shape index (κ3) is 6.84. The smallest absolute Gasteiger partial charge is 0.262 e. The van der Waals surface area contributed by atoms with E-state index in [1.54, 1.807) is 24.3 Å². The Bertz CT molecular complexity index is 952. The minimum absolute atomic E-state index is 0.0233. The van der Waals surface area contributed by atoms with Crippen molar-refractivity contribution in [2.75, 3.05) is 11.9 Å². The fourth-order valence-electron chi connectivity index (χ4n) is 3.23. The molecule has 32 heavy (non-hydrogen) atoms. The predicted octanol–water partition coefficient (Wildman–Crippen LogP) is 5.83. The molecule has 0 saturated heterocycles. The number of anilines is 1. The lowest BCUT2D eigenvalue weighted by Crippen LogP contribution is -2.33. The van der Waals surface area contributed by atoms with Crippen LogP contribution in [-0.2, 0) is 15.6 Å². The molecule has 0 aliphatic carbocycles. The molecule has 0 bridgehead atoms. The van der Waals surface area contributed by atoms with Crippen molar-refractivity contribution in [3.63, 3.8) is 0 Å². The van der Waals surface area contributed by atoms with Crippen LogP contribution in [0, 0.1) is 0 Å². The van der Waals surface area contributed by atoms with Crippen molar-refractivity contribution in [3.8, 4) is 5.75 Å². The standard InChI is InChI=1S/C27H38N2O3/c1-9-18(2)28-25(31)20-12-10-11-13-22(20)29-24(30)17-32-23-15-14-19(26(3,4)5)16-21(23)27(6,7)8/h10-16,18H,9,17H2,1-8H3,(H,28,31)(H,29,30). The average molecular weight is 439 g/mol. The number of amides is 2. The molecular weight excluding hydrogens is 400 g/mol. The topological polar surface area (TPSA) is 67.4 Å². The van der Waals surface area contributed by atoms with Crippen molar-refractivity contribution in [3.05, 3.63) is 59.2 Å². The number of hydrogen-bond donors (Lipinski definition) is 2. The highest BCUT2D eigenvalue weighted by Gasteiger charge is 2.23. The summed E-state index contributed by atoms with van der Waals surface area (Å²) < 4.78 is 5.94. The molecule has 0 saturated carbocycles. The summed E-state index contributed by atoms with van der Waals surface area (Å²) in [5.74, 6) is 0.181. The molecule has 2 rings (SSSR count). The number of ether oxygens (including phenoxy) is 1. The van der Waals surface area contributed by atoms with Crippen molar-refractivity contribution in [1.29, 1.82) is 0 Å². The Hall–Kier alpha value is -2.82. The van der Waals surface area contributed by atoms with Crippen molar-refractivity contribution in [2.24, 2.45) is 0 Å². The van der Waals surface area contributed by atoms with Crippen LogP contribution in [0.1, 0.15) is 83.3 Å². The molecule has 5 heteroatoms. The Morgan fingerprint density at radius 2 is 1.62 bits per heavy atom. The maximum Gasteiger partial charge on any atom is 0.262 e. The molecular formula is C27H38N2O3. The summed E-state index contributed by atoms with van der Waals surface area (Å²) >= 11 is 0. The highest BCUT2D eigenvalue weighted by atomic mass is 16.5. The number of carbonyl (C=O) groups excluding carboxylic acids is 2. The van der Waals surface area contributed by atoms with E-state index in [1.165, 1.54) is 5.56 Å². The van der Waals surface area contributed by atoms with Gasteiger partial charge in [-0.3, -0.25) is 9.59 Å². The molecule has 2 amide bonds. The van der Waals surface area contributed by atoms with Gasteiger partial charge in [0.2, 0.25) is 0 Å². The molecule has 174 valence electrons. The maximum absolute atomic E-state index is 12.7. The second kappa shape index (κ2) is 10.2. The second-order valence-electron chi connectivity index (χ2n) is 10.4. The zero-order valence-electron chi connectivity index (χ0n) is 20.8. The molecule has 2 N–H and O–H groups in total. The van der Waals surface area contributed by atoms with Crippen LogP contribution in [0.2, 0.25) is 0 Å². The molecule has 1 atom stereocenters. The molecule has 0 aliphatic rings. The molecule has 0 spiro atoms. The Morgan fingerprint density at radius 3 is 2.22 bits per heavy atom. The van der Waals surface area contributed by atoms with Gasteiger partial charge in [-0.05, 0) is 53.5 Å². The van der Waals surface area contributed by atoms with E-state index in [-0.39, 0.29) is 35.3 Å². The number of benzene rings is 2. The van der Waals surface area contributed by atoms with Crippen LogP contribution in [-0.4, -0.2) is 24.5 Å². The lowest BCUT2D eigenvalue weighted by Gasteiger charge is -2.27. The van der Waals surface area contributed by atoms with Crippen LogP contribution in [0.15, 0.2) is 42.5 Å². The van der Waals surface area contributed by atoms with Gasteiger partial charge in [-0.1, -0.05) is 72.7 Å². The van der Waals surface area contributed by atoms with Gasteiger partial charge in [0.05, 0.1) is 11.3 Å². The molecule has 0 heterocycles. The van der Waals surface area contributed by atoms with Gasteiger partial charge in [0, 0.05) is 6.04 Å². The van der Waals surface area contributed by atoms with Gasteiger partial charge in [-0.15, -0.1) is 0 Å². The zero-order chi connectivity index (χ0) is 24.1. The van der Waals surface area contributed by atoms with E-state index < -0.39 is 0 Å². The van der Waals surface area contributed by atoms with Crippen molar-refractivity contribution in [2.45, 2.75) is 78.7 Å². The largest absolute Gasteiger partial charge is 0.483 e.